The van der Waals surface area contributed by atoms with Crippen molar-refractivity contribution in [3.8, 4) is 0 Å². The number of carbonyl (C=O) groups is 1. The molecule has 0 unspecified atom stereocenters. The lowest BCUT2D eigenvalue weighted by molar-refractivity contribution is 0.0692. The third-order valence-corrected chi connectivity index (χ3v) is 7.32. The van der Waals surface area contributed by atoms with Gasteiger partial charge in [0.1, 0.15) is 0 Å². The fourth-order valence-corrected chi connectivity index (χ4v) is 5.74. The summed E-state index contributed by atoms with van der Waals surface area (Å²) in [5, 5.41) is 2.11. The minimum atomic E-state index is 0.261. The van der Waals surface area contributed by atoms with Crippen LogP contribution in [-0.4, -0.2) is 39.8 Å². The maximum Gasteiger partial charge on any atom is 0.255 e. The maximum absolute atomic E-state index is 13.2. The Morgan fingerprint density at radius 2 is 2.11 bits per heavy atom. The smallest absolute Gasteiger partial charge is 0.255 e. The molecule has 0 radical (unpaired) electrons. The highest BCUT2D eigenvalue weighted by atomic mass is 32.1. The molecule has 0 aromatic carbocycles. The van der Waals surface area contributed by atoms with Gasteiger partial charge in [0, 0.05) is 48.7 Å². The second kappa shape index (κ2) is 8.75. The average molecular weight is 398 g/mol. The molecule has 0 atom stereocenters. The van der Waals surface area contributed by atoms with Gasteiger partial charge in [-0.25, -0.2) is 0 Å². The first-order chi connectivity index (χ1) is 13.7. The number of hydrogen-bond donors (Lipinski definition) is 0. The number of aromatic nitrogens is 1. The van der Waals surface area contributed by atoms with Gasteiger partial charge >= 0.3 is 0 Å². The summed E-state index contributed by atoms with van der Waals surface area (Å²) in [7, 11) is 0. The Bertz CT molecular complexity index is 808. The van der Waals surface area contributed by atoms with Gasteiger partial charge < -0.3 is 4.90 Å². The van der Waals surface area contributed by atoms with Gasteiger partial charge in [-0.1, -0.05) is 25.8 Å². The molecule has 1 amide bonds. The molecule has 1 aliphatic heterocycles. The molecule has 4 nitrogen and oxygen atoms in total. The third kappa shape index (κ3) is 4.01. The fraction of sp³-hybridized carbons (Fsp3) is 0.565. The molecule has 2 aromatic heterocycles. The lowest BCUT2D eigenvalue weighted by atomic mass is 10.0. The summed E-state index contributed by atoms with van der Waals surface area (Å²) in [4.78, 5) is 23.8. The second-order valence-corrected chi connectivity index (χ2v) is 9.02. The van der Waals surface area contributed by atoms with Crippen molar-refractivity contribution in [2.45, 2.75) is 71.5 Å². The van der Waals surface area contributed by atoms with E-state index in [-0.39, 0.29) is 5.91 Å². The van der Waals surface area contributed by atoms with E-state index < -0.39 is 0 Å². The predicted molar refractivity (Wildman–Crippen MR) is 115 cm³/mol. The zero-order chi connectivity index (χ0) is 19.5. The minimum Gasteiger partial charge on any atom is -0.336 e. The predicted octanol–water partition coefficient (Wildman–Crippen LogP) is 4.67. The van der Waals surface area contributed by atoms with Crippen molar-refractivity contribution < 1.29 is 4.79 Å². The highest BCUT2D eigenvalue weighted by Gasteiger charge is 2.30. The molecule has 1 fully saturated rings. The lowest BCUT2D eigenvalue weighted by Crippen LogP contribution is -2.39. The molecule has 0 spiro atoms. The molecular formula is C23H31N3OS. The van der Waals surface area contributed by atoms with Crippen molar-refractivity contribution >= 4 is 17.2 Å². The van der Waals surface area contributed by atoms with E-state index in [0.29, 0.717) is 6.04 Å². The van der Waals surface area contributed by atoms with Gasteiger partial charge in [-0.3, -0.25) is 14.7 Å². The van der Waals surface area contributed by atoms with Crippen LogP contribution in [0.2, 0.25) is 0 Å². The Labute approximate surface area is 172 Å². The Morgan fingerprint density at radius 1 is 1.29 bits per heavy atom. The van der Waals surface area contributed by atoms with E-state index in [1.807, 2.05) is 6.20 Å². The van der Waals surface area contributed by atoms with Crippen molar-refractivity contribution in [3.05, 3.63) is 51.0 Å². The van der Waals surface area contributed by atoms with Crippen LogP contribution >= 0.6 is 11.3 Å². The standard InChI is InChI=1S/C23H31N3OS/c1-3-17-9-10-18(24-13-17)14-25-12-11-20-21(16-28-22(20)15-25)23(27)26(4-2)19-7-5-6-8-19/h9-10,13,16,19H,3-8,11-12,14-15H2,1-2H3. The summed E-state index contributed by atoms with van der Waals surface area (Å²) >= 11 is 1.76. The van der Waals surface area contributed by atoms with Crippen LogP contribution in [0.15, 0.2) is 23.7 Å². The van der Waals surface area contributed by atoms with Crippen LogP contribution in [-0.2, 0) is 25.9 Å². The summed E-state index contributed by atoms with van der Waals surface area (Å²) in [5.41, 5.74) is 4.69. The van der Waals surface area contributed by atoms with Gasteiger partial charge in [0.25, 0.3) is 5.91 Å². The molecule has 1 aliphatic carbocycles. The molecule has 4 rings (SSSR count). The Morgan fingerprint density at radius 3 is 2.79 bits per heavy atom. The summed E-state index contributed by atoms with van der Waals surface area (Å²) < 4.78 is 0. The number of carbonyl (C=O) groups excluding carboxylic acids is 1. The van der Waals surface area contributed by atoms with Gasteiger partial charge in [-0.15, -0.1) is 11.3 Å². The molecule has 0 saturated heterocycles. The first-order valence-electron chi connectivity index (χ1n) is 10.8. The first-order valence-corrected chi connectivity index (χ1v) is 11.6. The van der Waals surface area contributed by atoms with E-state index in [2.05, 4.69) is 46.1 Å². The molecule has 5 heteroatoms. The van der Waals surface area contributed by atoms with Crippen molar-refractivity contribution in [1.29, 1.82) is 0 Å². The van der Waals surface area contributed by atoms with E-state index in [1.54, 1.807) is 11.3 Å². The monoisotopic (exact) mass is 397 g/mol. The molecule has 28 heavy (non-hydrogen) atoms. The van der Waals surface area contributed by atoms with Gasteiger partial charge in [0.15, 0.2) is 0 Å². The zero-order valence-corrected chi connectivity index (χ0v) is 17.9. The fourth-order valence-electron chi connectivity index (χ4n) is 4.62. The van der Waals surface area contributed by atoms with Crippen LogP contribution in [0.5, 0.6) is 0 Å². The topological polar surface area (TPSA) is 36.4 Å². The summed E-state index contributed by atoms with van der Waals surface area (Å²) in [5.74, 6) is 0.261. The molecule has 150 valence electrons. The number of hydrogen-bond acceptors (Lipinski definition) is 4. The van der Waals surface area contributed by atoms with Crippen molar-refractivity contribution in [2.75, 3.05) is 13.1 Å². The molecule has 0 N–H and O–H groups in total. The molecule has 2 aromatic rings. The lowest BCUT2D eigenvalue weighted by Gasteiger charge is -2.30. The summed E-state index contributed by atoms with van der Waals surface area (Å²) in [6.45, 7) is 7.91. The highest BCUT2D eigenvalue weighted by Crippen LogP contribution is 2.32. The van der Waals surface area contributed by atoms with E-state index >= 15 is 0 Å². The first kappa shape index (κ1) is 19.6. The van der Waals surface area contributed by atoms with Crippen molar-refractivity contribution in [1.82, 2.24) is 14.8 Å². The SMILES string of the molecule is CCc1ccc(CN2CCc3c(C(=O)N(CC)C4CCCC4)csc3C2)nc1. The average Bonchev–Trinajstić information content (AvgIpc) is 3.39. The van der Waals surface area contributed by atoms with Crippen LogP contribution in [0.4, 0.5) is 0 Å². The van der Waals surface area contributed by atoms with E-state index in [0.717, 1.165) is 50.3 Å². The highest BCUT2D eigenvalue weighted by molar-refractivity contribution is 7.10. The molecular weight excluding hydrogens is 366 g/mol. The second-order valence-electron chi connectivity index (χ2n) is 8.05. The number of pyridine rings is 1. The van der Waals surface area contributed by atoms with Crippen molar-refractivity contribution in [3.63, 3.8) is 0 Å². The van der Waals surface area contributed by atoms with Crippen LogP contribution in [0.25, 0.3) is 0 Å². The molecule has 0 bridgehead atoms. The quantitative estimate of drug-likeness (QED) is 0.711. The van der Waals surface area contributed by atoms with Gasteiger partial charge in [-0.2, -0.15) is 0 Å². The normalized spacial score (nSPS) is 17.6. The summed E-state index contributed by atoms with van der Waals surface area (Å²) in [6.07, 6.45) is 8.86. The van der Waals surface area contributed by atoms with Crippen LogP contribution in [0, 0.1) is 0 Å². The molecule has 3 heterocycles. The largest absolute Gasteiger partial charge is 0.336 e. The number of fused-ring (bicyclic) bond motifs is 1. The number of nitrogens with zero attached hydrogens (tertiary/aromatic N) is 3. The maximum atomic E-state index is 13.2. The minimum absolute atomic E-state index is 0.261. The number of amides is 1. The number of aryl methyl sites for hydroxylation is 1. The molecule has 1 saturated carbocycles. The number of rotatable bonds is 6. The van der Waals surface area contributed by atoms with Crippen LogP contribution in [0.3, 0.4) is 0 Å². The Balaban J connectivity index is 1.44. The Kier molecular flexibility index (Phi) is 6.12. The van der Waals surface area contributed by atoms with E-state index in [4.69, 9.17) is 0 Å². The van der Waals surface area contributed by atoms with Gasteiger partial charge in [-0.05, 0) is 49.8 Å². The molecule has 2 aliphatic rings. The van der Waals surface area contributed by atoms with Gasteiger partial charge in [0.2, 0.25) is 0 Å². The van der Waals surface area contributed by atoms with Crippen LogP contribution < -0.4 is 0 Å². The summed E-state index contributed by atoms with van der Waals surface area (Å²) in [6, 6.07) is 4.78. The Hall–Kier alpha value is -1.72. The van der Waals surface area contributed by atoms with Crippen LogP contribution in [0.1, 0.15) is 71.6 Å². The van der Waals surface area contributed by atoms with E-state index in [9.17, 15) is 4.79 Å². The van der Waals surface area contributed by atoms with E-state index in [1.165, 1.54) is 41.7 Å². The third-order valence-electron chi connectivity index (χ3n) is 6.30. The number of thiophene rings is 1. The van der Waals surface area contributed by atoms with Gasteiger partial charge in [0.05, 0.1) is 11.3 Å². The van der Waals surface area contributed by atoms with Crippen molar-refractivity contribution in [2.24, 2.45) is 0 Å². The zero-order valence-electron chi connectivity index (χ0n) is 17.1.